The highest BCUT2D eigenvalue weighted by Gasteiger charge is 2.20. The summed E-state index contributed by atoms with van der Waals surface area (Å²) < 4.78 is 0. The standard InChI is InChI=1S/C18H21Cl2N/c1-18(2,3)12-17(13-7-5-4-6-8-13)21-16-10-9-14(19)11-15(16)20/h4-11,17,21H,12H2,1-3H3. The lowest BCUT2D eigenvalue weighted by atomic mass is 9.85. The molecule has 0 amide bonds. The number of hydrogen-bond donors (Lipinski definition) is 1. The van der Waals surface area contributed by atoms with E-state index in [0.29, 0.717) is 10.0 Å². The van der Waals surface area contributed by atoms with E-state index in [2.05, 4.69) is 50.4 Å². The summed E-state index contributed by atoms with van der Waals surface area (Å²) in [4.78, 5) is 0. The van der Waals surface area contributed by atoms with Gasteiger partial charge in [0.1, 0.15) is 0 Å². The fourth-order valence-corrected chi connectivity index (χ4v) is 2.81. The predicted octanol–water partition coefficient (Wildman–Crippen LogP) is 6.58. The van der Waals surface area contributed by atoms with Gasteiger partial charge >= 0.3 is 0 Å². The molecule has 0 aliphatic heterocycles. The third kappa shape index (κ3) is 4.94. The first-order valence-electron chi connectivity index (χ1n) is 7.12. The quantitative estimate of drug-likeness (QED) is 0.670. The van der Waals surface area contributed by atoms with Crippen LogP contribution in [-0.2, 0) is 0 Å². The van der Waals surface area contributed by atoms with Crippen LogP contribution in [0.1, 0.15) is 38.8 Å². The van der Waals surface area contributed by atoms with Crippen LogP contribution < -0.4 is 5.32 Å². The first kappa shape index (κ1) is 16.2. The molecule has 0 heterocycles. The van der Waals surface area contributed by atoms with Crippen LogP contribution in [0.15, 0.2) is 48.5 Å². The first-order valence-corrected chi connectivity index (χ1v) is 7.87. The summed E-state index contributed by atoms with van der Waals surface area (Å²) in [5.74, 6) is 0. The molecule has 0 radical (unpaired) electrons. The largest absolute Gasteiger partial charge is 0.377 e. The molecule has 1 unspecified atom stereocenters. The van der Waals surface area contributed by atoms with Gasteiger partial charge in [-0.25, -0.2) is 0 Å². The van der Waals surface area contributed by atoms with E-state index in [1.54, 1.807) is 6.07 Å². The molecule has 21 heavy (non-hydrogen) atoms. The maximum absolute atomic E-state index is 6.29. The summed E-state index contributed by atoms with van der Waals surface area (Å²) in [6.07, 6.45) is 1.01. The molecule has 0 saturated heterocycles. The van der Waals surface area contributed by atoms with E-state index in [-0.39, 0.29) is 11.5 Å². The zero-order valence-corrected chi connectivity index (χ0v) is 14.2. The van der Waals surface area contributed by atoms with Gasteiger partial charge in [-0.05, 0) is 35.6 Å². The summed E-state index contributed by atoms with van der Waals surface area (Å²) in [5.41, 5.74) is 2.39. The third-order valence-corrected chi connectivity index (χ3v) is 3.83. The van der Waals surface area contributed by atoms with Gasteiger partial charge < -0.3 is 5.32 Å². The van der Waals surface area contributed by atoms with Gasteiger partial charge in [0, 0.05) is 5.02 Å². The summed E-state index contributed by atoms with van der Waals surface area (Å²) in [6.45, 7) is 6.73. The van der Waals surface area contributed by atoms with Gasteiger partial charge in [0.2, 0.25) is 0 Å². The van der Waals surface area contributed by atoms with Crippen LogP contribution in [0.2, 0.25) is 10.0 Å². The summed E-state index contributed by atoms with van der Waals surface area (Å²) in [6, 6.07) is 16.2. The predicted molar refractivity (Wildman–Crippen MR) is 93.3 cm³/mol. The fraction of sp³-hybridized carbons (Fsp3) is 0.333. The Labute approximate surface area is 137 Å². The van der Waals surface area contributed by atoms with Crippen LogP contribution >= 0.6 is 23.2 Å². The molecular formula is C18H21Cl2N. The lowest BCUT2D eigenvalue weighted by Crippen LogP contribution is -2.18. The number of nitrogens with one attached hydrogen (secondary N) is 1. The summed E-state index contributed by atoms with van der Waals surface area (Å²) in [7, 11) is 0. The lowest BCUT2D eigenvalue weighted by Gasteiger charge is -2.28. The van der Waals surface area contributed by atoms with Crippen molar-refractivity contribution in [2.24, 2.45) is 5.41 Å². The number of halogens is 2. The number of anilines is 1. The zero-order chi connectivity index (χ0) is 15.5. The maximum atomic E-state index is 6.29. The highest BCUT2D eigenvalue weighted by molar-refractivity contribution is 6.36. The Morgan fingerprint density at radius 2 is 1.67 bits per heavy atom. The average Bonchev–Trinajstić information content (AvgIpc) is 2.40. The molecular weight excluding hydrogens is 301 g/mol. The molecule has 2 aromatic rings. The van der Waals surface area contributed by atoms with Crippen molar-refractivity contribution in [3.8, 4) is 0 Å². The minimum atomic E-state index is 0.213. The number of hydrogen-bond acceptors (Lipinski definition) is 1. The van der Waals surface area contributed by atoms with Crippen molar-refractivity contribution in [2.45, 2.75) is 33.2 Å². The minimum absolute atomic E-state index is 0.213. The SMILES string of the molecule is CC(C)(C)CC(Nc1ccc(Cl)cc1Cl)c1ccccc1. The molecule has 0 fully saturated rings. The maximum Gasteiger partial charge on any atom is 0.0652 e. The average molecular weight is 322 g/mol. The second-order valence-electron chi connectivity index (χ2n) is 6.50. The van der Waals surface area contributed by atoms with Crippen molar-refractivity contribution in [3.63, 3.8) is 0 Å². The van der Waals surface area contributed by atoms with Crippen LogP contribution in [0.5, 0.6) is 0 Å². The molecule has 3 heteroatoms. The topological polar surface area (TPSA) is 12.0 Å². The summed E-state index contributed by atoms with van der Waals surface area (Å²) in [5, 5.41) is 4.86. The van der Waals surface area contributed by atoms with E-state index in [4.69, 9.17) is 23.2 Å². The molecule has 1 atom stereocenters. The number of rotatable bonds is 4. The van der Waals surface area contributed by atoms with Gasteiger partial charge in [-0.15, -0.1) is 0 Å². The Bertz CT molecular complexity index is 588. The molecule has 1 N–H and O–H groups in total. The van der Waals surface area contributed by atoms with E-state index in [0.717, 1.165) is 12.1 Å². The fourth-order valence-electron chi connectivity index (χ4n) is 2.34. The Kier molecular flexibility index (Phi) is 5.18. The molecule has 2 aromatic carbocycles. The van der Waals surface area contributed by atoms with Crippen LogP contribution in [-0.4, -0.2) is 0 Å². The van der Waals surface area contributed by atoms with Crippen molar-refractivity contribution in [1.82, 2.24) is 0 Å². The van der Waals surface area contributed by atoms with Crippen LogP contribution in [0.4, 0.5) is 5.69 Å². The van der Waals surface area contributed by atoms with Crippen molar-refractivity contribution in [2.75, 3.05) is 5.32 Å². The monoisotopic (exact) mass is 321 g/mol. The normalized spacial score (nSPS) is 13.0. The lowest BCUT2D eigenvalue weighted by molar-refractivity contribution is 0.352. The van der Waals surface area contributed by atoms with E-state index in [1.165, 1.54) is 5.56 Å². The number of benzene rings is 2. The van der Waals surface area contributed by atoms with Crippen molar-refractivity contribution >= 4 is 28.9 Å². The van der Waals surface area contributed by atoms with Crippen molar-refractivity contribution in [1.29, 1.82) is 0 Å². The Balaban J connectivity index is 2.28. The van der Waals surface area contributed by atoms with Crippen LogP contribution in [0.25, 0.3) is 0 Å². The Morgan fingerprint density at radius 1 is 1.00 bits per heavy atom. The van der Waals surface area contributed by atoms with Gasteiger partial charge in [0.25, 0.3) is 0 Å². The van der Waals surface area contributed by atoms with E-state index >= 15 is 0 Å². The zero-order valence-electron chi connectivity index (χ0n) is 12.7. The van der Waals surface area contributed by atoms with Crippen molar-refractivity contribution < 1.29 is 0 Å². The van der Waals surface area contributed by atoms with Gasteiger partial charge in [-0.1, -0.05) is 74.3 Å². The van der Waals surface area contributed by atoms with Gasteiger partial charge in [0.15, 0.2) is 0 Å². The van der Waals surface area contributed by atoms with Gasteiger partial charge in [0.05, 0.1) is 16.8 Å². The molecule has 0 saturated carbocycles. The second kappa shape index (κ2) is 6.72. The third-order valence-electron chi connectivity index (χ3n) is 3.28. The molecule has 0 aromatic heterocycles. The van der Waals surface area contributed by atoms with Crippen LogP contribution in [0.3, 0.4) is 0 Å². The van der Waals surface area contributed by atoms with Crippen LogP contribution in [0, 0.1) is 5.41 Å². The minimum Gasteiger partial charge on any atom is -0.377 e. The van der Waals surface area contributed by atoms with Crippen molar-refractivity contribution in [3.05, 3.63) is 64.1 Å². The van der Waals surface area contributed by atoms with E-state index in [9.17, 15) is 0 Å². The Hall–Kier alpha value is -1.18. The highest BCUT2D eigenvalue weighted by Crippen LogP contribution is 2.34. The highest BCUT2D eigenvalue weighted by atomic mass is 35.5. The molecule has 0 spiro atoms. The smallest absolute Gasteiger partial charge is 0.0652 e. The first-order chi connectivity index (χ1) is 9.85. The van der Waals surface area contributed by atoms with E-state index in [1.807, 2.05) is 18.2 Å². The molecule has 0 bridgehead atoms. The molecule has 0 aliphatic carbocycles. The molecule has 0 aliphatic rings. The summed E-state index contributed by atoms with van der Waals surface area (Å²) >= 11 is 12.3. The molecule has 2 rings (SSSR count). The second-order valence-corrected chi connectivity index (χ2v) is 7.34. The van der Waals surface area contributed by atoms with Gasteiger partial charge in [-0.3, -0.25) is 0 Å². The van der Waals surface area contributed by atoms with Gasteiger partial charge in [-0.2, -0.15) is 0 Å². The molecule has 112 valence electrons. The van der Waals surface area contributed by atoms with E-state index < -0.39 is 0 Å². The Morgan fingerprint density at radius 3 is 2.24 bits per heavy atom. The molecule has 1 nitrogen and oxygen atoms in total.